The second kappa shape index (κ2) is 3.58. The van der Waals surface area contributed by atoms with Gasteiger partial charge < -0.3 is 10.5 Å². The molecule has 0 radical (unpaired) electrons. The zero-order chi connectivity index (χ0) is 10.0. The first-order chi connectivity index (χ1) is 6.73. The van der Waals surface area contributed by atoms with Crippen molar-refractivity contribution in [3.63, 3.8) is 0 Å². The van der Waals surface area contributed by atoms with Gasteiger partial charge in [0, 0.05) is 17.3 Å². The number of hydrogen-bond acceptors (Lipinski definition) is 3. The molecule has 0 aliphatic heterocycles. The summed E-state index contributed by atoms with van der Waals surface area (Å²) in [6.45, 7) is 0. The van der Waals surface area contributed by atoms with Gasteiger partial charge in [0.15, 0.2) is 0 Å². The molecule has 3 nitrogen and oxygen atoms in total. The van der Waals surface area contributed by atoms with Crippen molar-refractivity contribution in [3.05, 3.63) is 23.9 Å². The molecule has 0 amide bonds. The molecule has 1 aliphatic rings. The van der Waals surface area contributed by atoms with Crippen LogP contribution in [0.1, 0.15) is 24.8 Å². The molecule has 1 saturated carbocycles. The van der Waals surface area contributed by atoms with Gasteiger partial charge >= 0.3 is 0 Å². The second-order valence-electron chi connectivity index (χ2n) is 4.03. The smallest absolute Gasteiger partial charge is 0.216 e. The molecular formula is C11H16N2O. The van der Waals surface area contributed by atoms with Gasteiger partial charge in [0.25, 0.3) is 0 Å². The number of aromatic nitrogens is 1. The highest BCUT2D eigenvalue weighted by Crippen LogP contribution is 2.37. The van der Waals surface area contributed by atoms with Crippen LogP contribution in [0.2, 0.25) is 0 Å². The van der Waals surface area contributed by atoms with Crippen molar-refractivity contribution in [2.24, 2.45) is 5.73 Å². The van der Waals surface area contributed by atoms with Crippen LogP contribution in [0.25, 0.3) is 0 Å². The van der Waals surface area contributed by atoms with Crippen molar-refractivity contribution in [2.45, 2.75) is 31.2 Å². The van der Waals surface area contributed by atoms with E-state index < -0.39 is 0 Å². The topological polar surface area (TPSA) is 48.1 Å². The number of pyridine rings is 1. The number of ether oxygens (including phenoxy) is 1. The van der Waals surface area contributed by atoms with Gasteiger partial charge in [-0.1, -0.05) is 6.07 Å². The van der Waals surface area contributed by atoms with Gasteiger partial charge in [-0.05, 0) is 31.7 Å². The first-order valence-electron chi connectivity index (χ1n) is 5.00. The Balaban J connectivity index is 2.00. The van der Waals surface area contributed by atoms with Gasteiger partial charge in [0.2, 0.25) is 5.88 Å². The summed E-state index contributed by atoms with van der Waals surface area (Å²) in [5.41, 5.74) is 7.30. The average molecular weight is 192 g/mol. The Labute approximate surface area is 84.3 Å². The van der Waals surface area contributed by atoms with Gasteiger partial charge in [-0.2, -0.15) is 0 Å². The second-order valence-corrected chi connectivity index (χ2v) is 4.03. The Bertz CT molecular complexity index is 321. The first-order valence-corrected chi connectivity index (χ1v) is 5.00. The molecule has 2 N–H and O–H groups in total. The molecule has 76 valence electrons. The third kappa shape index (κ3) is 2.04. The lowest BCUT2D eigenvalue weighted by Crippen LogP contribution is -2.22. The van der Waals surface area contributed by atoms with Crippen LogP contribution in [0.15, 0.2) is 18.3 Å². The summed E-state index contributed by atoms with van der Waals surface area (Å²) in [6, 6.07) is 3.99. The number of aryl methyl sites for hydroxylation is 1. The fourth-order valence-electron chi connectivity index (χ4n) is 1.59. The van der Waals surface area contributed by atoms with Crippen LogP contribution >= 0.6 is 0 Å². The molecule has 0 aromatic carbocycles. The van der Waals surface area contributed by atoms with Crippen molar-refractivity contribution < 1.29 is 4.74 Å². The Morgan fingerprint density at radius 3 is 3.00 bits per heavy atom. The van der Waals surface area contributed by atoms with E-state index in [0.29, 0.717) is 0 Å². The van der Waals surface area contributed by atoms with Crippen LogP contribution in [-0.4, -0.2) is 17.6 Å². The summed E-state index contributed by atoms with van der Waals surface area (Å²) < 4.78 is 5.18. The van der Waals surface area contributed by atoms with E-state index in [1.807, 2.05) is 6.07 Å². The predicted octanol–water partition coefficient (Wildman–Crippen LogP) is 1.51. The van der Waals surface area contributed by atoms with Crippen molar-refractivity contribution in [1.29, 1.82) is 0 Å². The van der Waals surface area contributed by atoms with Crippen molar-refractivity contribution in [2.75, 3.05) is 7.11 Å². The minimum absolute atomic E-state index is 0.112. The fraction of sp³-hybridized carbons (Fsp3) is 0.545. The monoisotopic (exact) mass is 192 g/mol. The van der Waals surface area contributed by atoms with Crippen LogP contribution in [0, 0.1) is 0 Å². The quantitative estimate of drug-likeness (QED) is 0.786. The van der Waals surface area contributed by atoms with Crippen LogP contribution in [0.4, 0.5) is 0 Å². The van der Waals surface area contributed by atoms with Crippen LogP contribution < -0.4 is 10.5 Å². The van der Waals surface area contributed by atoms with Gasteiger partial charge in [-0.3, -0.25) is 0 Å². The zero-order valence-electron chi connectivity index (χ0n) is 8.49. The van der Waals surface area contributed by atoms with Gasteiger partial charge in [-0.15, -0.1) is 0 Å². The number of rotatable bonds is 4. The normalized spacial score (nSPS) is 17.9. The molecule has 3 heteroatoms. The van der Waals surface area contributed by atoms with Crippen molar-refractivity contribution in [1.82, 2.24) is 4.98 Å². The van der Waals surface area contributed by atoms with Crippen LogP contribution in [-0.2, 0) is 6.42 Å². The van der Waals surface area contributed by atoms with E-state index in [-0.39, 0.29) is 5.54 Å². The molecule has 2 rings (SSSR count). The summed E-state index contributed by atoms with van der Waals surface area (Å²) in [6.07, 6.45) is 6.07. The molecule has 0 unspecified atom stereocenters. The molecule has 1 aliphatic carbocycles. The molecular weight excluding hydrogens is 176 g/mol. The molecule has 1 aromatic rings. The lowest BCUT2D eigenvalue weighted by molar-refractivity contribution is 0.391. The molecule has 1 fully saturated rings. The SMILES string of the molecule is COc1ncccc1CCC1(N)CC1. The van der Waals surface area contributed by atoms with Gasteiger partial charge in [-0.25, -0.2) is 4.98 Å². The lowest BCUT2D eigenvalue weighted by atomic mass is 10.1. The Morgan fingerprint density at radius 1 is 1.57 bits per heavy atom. The summed E-state index contributed by atoms with van der Waals surface area (Å²) in [5.74, 6) is 0.733. The first kappa shape index (κ1) is 9.46. The number of nitrogens with two attached hydrogens (primary N) is 1. The molecule has 1 aromatic heterocycles. The number of nitrogens with zero attached hydrogens (tertiary/aromatic N) is 1. The van der Waals surface area contributed by atoms with Crippen molar-refractivity contribution in [3.8, 4) is 5.88 Å². The standard InChI is InChI=1S/C11H16N2O/c1-14-10-9(3-2-8-13-10)4-5-11(12)6-7-11/h2-3,8H,4-7,12H2,1H3. The van der Waals surface area contributed by atoms with E-state index in [4.69, 9.17) is 10.5 Å². The highest BCUT2D eigenvalue weighted by Gasteiger charge is 2.37. The highest BCUT2D eigenvalue weighted by molar-refractivity contribution is 5.26. The minimum Gasteiger partial charge on any atom is -0.481 e. The molecule has 1 heterocycles. The predicted molar refractivity (Wildman–Crippen MR) is 55.3 cm³/mol. The summed E-state index contributed by atoms with van der Waals surface area (Å²) in [7, 11) is 1.65. The van der Waals surface area contributed by atoms with Crippen LogP contribution in [0.3, 0.4) is 0 Å². The molecule has 0 spiro atoms. The summed E-state index contributed by atoms with van der Waals surface area (Å²) >= 11 is 0. The highest BCUT2D eigenvalue weighted by atomic mass is 16.5. The Hall–Kier alpha value is -1.09. The van der Waals surface area contributed by atoms with Crippen molar-refractivity contribution >= 4 is 0 Å². The fourth-order valence-corrected chi connectivity index (χ4v) is 1.59. The molecule has 0 atom stereocenters. The van der Waals surface area contributed by atoms with Gasteiger partial charge in [0.05, 0.1) is 7.11 Å². The average Bonchev–Trinajstić information content (AvgIpc) is 2.95. The summed E-state index contributed by atoms with van der Waals surface area (Å²) in [4.78, 5) is 4.16. The largest absolute Gasteiger partial charge is 0.481 e. The Morgan fingerprint density at radius 2 is 2.36 bits per heavy atom. The van der Waals surface area contributed by atoms with E-state index in [0.717, 1.165) is 37.1 Å². The number of methoxy groups -OCH3 is 1. The summed E-state index contributed by atoms with van der Waals surface area (Å²) in [5, 5.41) is 0. The van der Waals surface area contributed by atoms with Crippen LogP contribution in [0.5, 0.6) is 5.88 Å². The van der Waals surface area contributed by atoms with E-state index >= 15 is 0 Å². The molecule has 0 bridgehead atoms. The number of hydrogen-bond donors (Lipinski definition) is 1. The zero-order valence-corrected chi connectivity index (χ0v) is 8.49. The van der Waals surface area contributed by atoms with E-state index in [9.17, 15) is 0 Å². The maximum Gasteiger partial charge on any atom is 0.216 e. The van der Waals surface area contributed by atoms with E-state index in [1.54, 1.807) is 13.3 Å². The molecule has 0 saturated heterocycles. The third-order valence-electron chi connectivity index (χ3n) is 2.83. The molecule has 14 heavy (non-hydrogen) atoms. The van der Waals surface area contributed by atoms with E-state index in [2.05, 4.69) is 11.1 Å². The maximum atomic E-state index is 6.02. The van der Waals surface area contributed by atoms with Gasteiger partial charge in [0.1, 0.15) is 0 Å². The minimum atomic E-state index is 0.112. The maximum absolute atomic E-state index is 6.02. The lowest BCUT2D eigenvalue weighted by Gasteiger charge is -2.10. The Kier molecular flexibility index (Phi) is 2.42. The third-order valence-corrected chi connectivity index (χ3v) is 2.83. The van der Waals surface area contributed by atoms with E-state index in [1.165, 1.54) is 0 Å².